The smallest absolute Gasteiger partial charge is 0.304 e. The Labute approximate surface area is 89.3 Å². The summed E-state index contributed by atoms with van der Waals surface area (Å²) in [5.74, 6) is -1.08. The molecule has 1 rings (SSSR count). The maximum absolute atomic E-state index is 11.5. The molecule has 0 radical (unpaired) electrons. The zero-order valence-electron chi connectivity index (χ0n) is 8.52. The van der Waals surface area contributed by atoms with Crippen LogP contribution in [0.3, 0.4) is 0 Å². The number of rotatable bonds is 5. The Hall–Kier alpha value is -0.620. The van der Waals surface area contributed by atoms with E-state index in [0.29, 0.717) is 13.2 Å². The van der Waals surface area contributed by atoms with Crippen molar-refractivity contribution < 1.29 is 23.1 Å². The molecule has 0 saturated carbocycles. The molecule has 0 aromatic heterocycles. The second-order valence-corrected chi connectivity index (χ2v) is 6.04. The number of aliphatic carboxylic acids is 1. The molecule has 1 fully saturated rings. The zero-order valence-corrected chi connectivity index (χ0v) is 9.33. The van der Waals surface area contributed by atoms with E-state index in [0.717, 1.165) is 12.8 Å². The quantitative estimate of drug-likeness (QED) is 0.742. The summed E-state index contributed by atoms with van der Waals surface area (Å²) >= 11 is 0. The van der Waals surface area contributed by atoms with Gasteiger partial charge < -0.3 is 9.84 Å². The molecule has 0 bridgehead atoms. The van der Waals surface area contributed by atoms with E-state index in [2.05, 4.69) is 0 Å². The highest BCUT2D eigenvalue weighted by Gasteiger charge is 2.22. The van der Waals surface area contributed by atoms with Gasteiger partial charge in [-0.2, -0.15) is 0 Å². The summed E-state index contributed by atoms with van der Waals surface area (Å²) in [4.78, 5) is 10.3. The van der Waals surface area contributed by atoms with Crippen molar-refractivity contribution in [2.75, 3.05) is 24.7 Å². The number of ether oxygens (including phenoxy) is 1. The van der Waals surface area contributed by atoms with Crippen molar-refractivity contribution >= 4 is 15.8 Å². The summed E-state index contributed by atoms with van der Waals surface area (Å²) in [5.41, 5.74) is 0. The predicted molar refractivity (Wildman–Crippen MR) is 54.4 cm³/mol. The molecule has 0 atom stereocenters. The van der Waals surface area contributed by atoms with E-state index in [1.807, 2.05) is 0 Å². The van der Waals surface area contributed by atoms with E-state index in [9.17, 15) is 13.2 Å². The van der Waals surface area contributed by atoms with Crippen molar-refractivity contribution in [3.05, 3.63) is 0 Å². The average molecular weight is 236 g/mol. The first kappa shape index (κ1) is 12.4. The minimum Gasteiger partial charge on any atom is -0.481 e. The van der Waals surface area contributed by atoms with Crippen LogP contribution in [0.2, 0.25) is 0 Å². The molecule has 88 valence electrons. The van der Waals surface area contributed by atoms with Crippen LogP contribution < -0.4 is 0 Å². The first-order valence-electron chi connectivity index (χ1n) is 4.99. The number of carbonyl (C=O) groups is 1. The van der Waals surface area contributed by atoms with E-state index in [-0.39, 0.29) is 23.8 Å². The fourth-order valence-corrected chi connectivity index (χ4v) is 3.30. The van der Waals surface area contributed by atoms with Crippen molar-refractivity contribution in [3.8, 4) is 0 Å². The number of hydrogen-bond donors (Lipinski definition) is 1. The van der Waals surface area contributed by atoms with Crippen molar-refractivity contribution in [3.63, 3.8) is 0 Å². The number of hydrogen-bond acceptors (Lipinski definition) is 4. The van der Waals surface area contributed by atoms with Crippen LogP contribution in [0.5, 0.6) is 0 Å². The number of carboxylic acids is 1. The molecule has 15 heavy (non-hydrogen) atoms. The van der Waals surface area contributed by atoms with Crippen LogP contribution in [0.15, 0.2) is 0 Å². The van der Waals surface area contributed by atoms with E-state index in [1.54, 1.807) is 0 Å². The van der Waals surface area contributed by atoms with Crippen molar-refractivity contribution in [1.82, 2.24) is 0 Å². The topological polar surface area (TPSA) is 80.7 Å². The lowest BCUT2D eigenvalue weighted by Gasteiger charge is -2.21. The van der Waals surface area contributed by atoms with Crippen LogP contribution in [0.4, 0.5) is 0 Å². The zero-order chi connectivity index (χ0) is 11.3. The van der Waals surface area contributed by atoms with Gasteiger partial charge in [-0.25, -0.2) is 8.42 Å². The molecule has 0 aromatic carbocycles. The van der Waals surface area contributed by atoms with Gasteiger partial charge in [0.25, 0.3) is 0 Å². The summed E-state index contributed by atoms with van der Waals surface area (Å²) in [6, 6.07) is 0. The second-order valence-electron chi connectivity index (χ2n) is 3.81. The third-order valence-electron chi connectivity index (χ3n) is 2.46. The summed E-state index contributed by atoms with van der Waals surface area (Å²) in [7, 11) is -3.21. The fraction of sp³-hybridized carbons (Fsp3) is 0.889. The molecule has 1 aliphatic rings. The fourth-order valence-electron chi connectivity index (χ4n) is 1.60. The molecule has 0 aromatic rings. The standard InChI is InChI=1S/C9H16O5S/c10-9(11)3-6-15(12,13)7-8-1-4-14-5-2-8/h8H,1-7H2,(H,10,11). The first-order chi connectivity index (χ1) is 6.99. The number of carboxylic acid groups (broad SMARTS) is 1. The first-order valence-corrected chi connectivity index (χ1v) is 6.82. The molecular formula is C9H16O5S. The van der Waals surface area contributed by atoms with Crippen molar-refractivity contribution in [2.24, 2.45) is 5.92 Å². The maximum Gasteiger partial charge on any atom is 0.304 e. The normalized spacial score (nSPS) is 18.9. The highest BCUT2D eigenvalue weighted by Crippen LogP contribution is 2.17. The van der Waals surface area contributed by atoms with Gasteiger partial charge >= 0.3 is 5.97 Å². The Kier molecular flexibility index (Phi) is 4.53. The molecule has 0 aliphatic carbocycles. The van der Waals surface area contributed by atoms with E-state index in [1.165, 1.54) is 0 Å². The highest BCUT2D eigenvalue weighted by molar-refractivity contribution is 7.91. The Morgan fingerprint density at radius 1 is 1.33 bits per heavy atom. The van der Waals surface area contributed by atoms with Gasteiger partial charge in [0.2, 0.25) is 0 Å². The minimum absolute atomic E-state index is 0.101. The summed E-state index contributed by atoms with van der Waals surface area (Å²) in [5, 5.41) is 8.40. The van der Waals surface area contributed by atoms with Crippen molar-refractivity contribution in [2.45, 2.75) is 19.3 Å². The van der Waals surface area contributed by atoms with Crippen LogP contribution >= 0.6 is 0 Å². The van der Waals surface area contributed by atoms with Gasteiger partial charge in [0.1, 0.15) is 0 Å². The Morgan fingerprint density at radius 2 is 1.93 bits per heavy atom. The van der Waals surface area contributed by atoms with Crippen LogP contribution in [-0.2, 0) is 19.4 Å². The Morgan fingerprint density at radius 3 is 2.47 bits per heavy atom. The highest BCUT2D eigenvalue weighted by atomic mass is 32.2. The van der Waals surface area contributed by atoms with Gasteiger partial charge in [-0.1, -0.05) is 0 Å². The molecule has 0 spiro atoms. The lowest BCUT2D eigenvalue weighted by Crippen LogP contribution is -2.25. The van der Waals surface area contributed by atoms with Crippen molar-refractivity contribution in [1.29, 1.82) is 0 Å². The minimum atomic E-state index is -3.21. The lowest BCUT2D eigenvalue weighted by molar-refractivity contribution is -0.136. The van der Waals surface area contributed by atoms with E-state index < -0.39 is 15.8 Å². The van der Waals surface area contributed by atoms with Crippen LogP contribution in [-0.4, -0.2) is 44.2 Å². The van der Waals surface area contributed by atoms with Gasteiger partial charge in [-0.15, -0.1) is 0 Å². The molecule has 1 heterocycles. The Bertz CT molecular complexity index is 302. The third kappa shape index (κ3) is 5.13. The maximum atomic E-state index is 11.5. The molecule has 5 nitrogen and oxygen atoms in total. The monoisotopic (exact) mass is 236 g/mol. The molecule has 1 N–H and O–H groups in total. The summed E-state index contributed by atoms with van der Waals surface area (Å²) < 4.78 is 28.1. The van der Waals surface area contributed by atoms with Gasteiger partial charge in [-0.3, -0.25) is 4.79 Å². The van der Waals surface area contributed by atoms with E-state index in [4.69, 9.17) is 9.84 Å². The third-order valence-corrected chi connectivity index (χ3v) is 4.26. The number of sulfone groups is 1. The molecule has 1 aliphatic heterocycles. The van der Waals surface area contributed by atoms with Crippen LogP contribution in [0, 0.1) is 5.92 Å². The molecule has 1 saturated heterocycles. The van der Waals surface area contributed by atoms with Crippen LogP contribution in [0.25, 0.3) is 0 Å². The van der Waals surface area contributed by atoms with Gasteiger partial charge in [-0.05, 0) is 18.8 Å². The van der Waals surface area contributed by atoms with Gasteiger partial charge in [0.15, 0.2) is 9.84 Å². The largest absolute Gasteiger partial charge is 0.481 e. The molecule has 0 amide bonds. The SMILES string of the molecule is O=C(O)CCS(=O)(=O)CC1CCOCC1. The predicted octanol–water partition coefficient (Wildman–Crippen LogP) is 0.302. The average Bonchev–Trinajstić information content (AvgIpc) is 2.16. The molecule has 6 heteroatoms. The molecule has 0 unspecified atom stereocenters. The lowest BCUT2D eigenvalue weighted by atomic mass is 10.0. The van der Waals surface area contributed by atoms with Crippen LogP contribution in [0.1, 0.15) is 19.3 Å². The molecular weight excluding hydrogens is 220 g/mol. The summed E-state index contributed by atoms with van der Waals surface area (Å²) in [6.45, 7) is 1.22. The van der Waals surface area contributed by atoms with E-state index >= 15 is 0 Å². The Balaban J connectivity index is 2.37. The van der Waals surface area contributed by atoms with Gasteiger partial charge in [0.05, 0.1) is 17.9 Å². The van der Waals surface area contributed by atoms with Gasteiger partial charge in [0, 0.05) is 13.2 Å². The summed E-state index contributed by atoms with van der Waals surface area (Å²) in [6.07, 6.45) is 1.21. The second kappa shape index (κ2) is 5.46.